The second kappa shape index (κ2) is 9.21. The van der Waals surface area contributed by atoms with Crippen LogP contribution >= 0.6 is 0 Å². The van der Waals surface area contributed by atoms with Gasteiger partial charge in [-0.3, -0.25) is 9.69 Å². The number of ether oxygens (including phenoxy) is 1. The monoisotopic (exact) mass is 405 g/mol. The van der Waals surface area contributed by atoms with Crippen LogP contribution in [0, 0.1) is 12.0 Å². The van der Waals surface area contributed by atoms with E-state index in [9.17, 15) is 9.18 Å². The first-order valence-corrected chi connectivity index (χ1v) is 8.26. The molecular weight excluding hydrogens is 382 g/mol. The van der Waals surface area contributed by atoms with Crippen LogP contribution in [-0.2, 0) is 42.2 Å². The number of piperidine rings is 1. The Kier molecular flexibility index (Phi) is 7.58. The van der Waals surface area contributed by atoms with Crippen molar-refractivity contribution >= 4 is 5.97 Å². The van der Waals surface area contributed by atoms with Crippen LogP contribution in [0.5, 0.6) is 0 Å². The van der Waals surface area contributed by atoms with Crippen molar-refractivity contribution in [2.75, 3.05) is 20.3 Å². The van der Waals surface area contributed by atoms with Crippen LogP contribution in [-0.4, -0.2) is 43.3 Å². The molecule has 0 aromatic heterocycles. The van der Waals surface area contributed by atoms with Gasteiger partial charge >= 0.3 is 5.97 Å². The predicted octanol–water partition coefficient (Wildman–Crippen LogP) is 3.12. The van der Waals surface area contributed by atoms with Gasteiger partial charge in [-0.2, -0.15) is 35.9 Å². The van der Waals surface area contributed by atoms with Gasteiger partial charge in [0.05, 0.1) is 13.0 Å². The Bertz CT molecular complexity index is 566. The third-order valence-electron chi connectivity index (χ3n) is 5.28. The summed E-state index contributed by atoms with van der Waals surface area (Å²) < 4.78 is 17.4. The molecule has 0 spiro atoms. The maximum atomic E-state index is 12.5. The molecule has 1 aromatic rings. The van der Waals surface area contributed by atoms with Crippen LogP contribution in [0.2, 0.25) is 0 Å². The van der Waals surface area contributed by atoms with E-state index in [1.54, 1.807) is 6.08 Å². The summed E-state index contributed by atoms with van der Waals surface area (Å²) in [6, 6.07) is 11.6. The Hall–Kier alpha value is -0.576. The molecule has 0 aliphatic carbocycles. The van der Waals surface area contributed by atoms with E-state index in [2.05, 4.69) is 23.1 Å². The molecule has 2 fully saturated rings. The number of rotatable bonds is 5. The molecule has 3 rings (SSSR count). The van der Waals surface area contributed by atoms with Crippen molar-refractivity contribution in [1.82, 2.24) is 4.90 Å². The number of benzene rings is 1. The standard InChI is InChI=1S/C19H23FNO2.Y/c1-23-19(22)18-16(14-7-3-2-4-8-14)13-15-9-10-17(18)21(15)12-6-5-11-20;/h3-8,15-18H,9-13H2,1H3;/q-1;/b6-5-;. The Balaban J connectivity index is 0.00000208. The van der Waals surface area contributed by atoms with Gasteiger partial charge in [0.2, 0.25) is 0 Å². The van der Waals surface area contributed by atoms with Gasteiger partial charge in [-0.1, -0.05) is 12.2 Å². The predicted molar refractivity (Wildman–Crippen MR) is 86.8 cm³/mol. The van der Waals surface area contributed by atoms with Crippen LogP contribution in [0.3, 0.4) is 0 Å². The van der Waals surface area contributed by atoms with Crippen molar-refractivity contribution in [3.8, 4) is 0 Å². The van der Waals surface area contributed by atoms with E-state index in [0.29, 0.717) is 12.6 Å². The fourth-order valence-corrected chi connectivity index (χ4v) is 4.30. The van der Waals surface area contributed by atoms with E-state index in [4.69, 9.17) is 4.74 Å². The Morgan fingerprint density at radius 1 is 1.38 bits per heavy atom. The molecule has 0 amide bonds. The van der Waals surface area contributed by atoms with Crippen molar-refractivity contribution < 1.29 is 46.6 Å². The minimum atomic E-state index is -0.438. The van der Waals surface area contributed by atoms with E-state index >= 15 is 0 Å². The molecule has 2 bridgehead atoms. The van der Waals surface area contributed by atoms with E-state index in [0.717, 1.165) is 19.3 Å². The minimum absolute atomic E-state index is 0. The molecule has 0 saturated carbocycles. The first-order chi connectivity index (χ1) is 11.3. The zero-order valence-electron chi connectivity index (χ0n) is 14.0. The summed E-state index contributed by atoms with van der Waals surface area (Å²) in [5, 5.41) is 0. The molecule has 2 saturated heterocycles. The molecule has 4 unspecified atom stereocenters. The number of allylic oxidation sites excluding steroid dienone is 1. The molecule has 5 heteroatoms. The topological polar surface area (TPSA) is 29.5 Å². The van der Waals surface area contributed by atoms with E-state index in [1.807, 2.05) is 18.2 Å². The Morgan fingerprint density at radius 2 is 2.12 bits per heavy atom. The van der Waals surface area contributed by atoms with Crippen molar-refractivity contribution in [3.05, 3.63) is 48.0 Å². The van der Waals surface area contributed by atoms with Crippen LogP contribution in [0.25, 0.3) is 0 Å². The smallest absolute Gasteiger partial charge is 0.310 e. The van der Waals surface area contributed by atoms with Gasteiger partial charge < -0.3 is 4.74 Å². The average molecular weight is 405 g/mol. The first kappa shape index (κ1) is 19.7. The summed E-state index contributed by atoms with van der Waals surface area (Å²) in [5.74, 6) is -0.0939. The number of alkyl halides is 1. The van der Waals surface area contributed by atoms with Gasteiger partial charge in [0.1, 0.15) is 6.67 Å². The Morgan fingerprint density at radius 3 is 2.79 bits per heavy atom. The number of halogens is 1. The average Bonchev–Trinajstić information content (AvgIpc) is 2.87. The molecule has 1 radical (unpaired) electrons. The largest absolute Gasteiger partial charge is 0.469 e. The van der Waals surface area contributed by atoms with Gasteiger partial charge in [-0.25, -0.2) is 4.39 Å². The number of carbonyl (C=O) groups is 1. The molecule has 2 heterocycles. The second-order valence-electron chi connectivity index (χ2n) is 6.35. The summed E-state index contributed by atoms with van der Waals surface area (Å²) in [7, 11) is 1.46. The minimum Gasteiger partial charge on any atom is -0.469 e. The van der Waals surface area contributed by atoms with Crippen LogP contribution in [0.15, 0.2) is 36.4 Å². The number of methoxy groups -OCH3 is 1. The van der Waals surface area contributed by atoms with Gasteiger partial charge in [0.25, 0.3) is 0 Å². The summed E-state index contributed by atoms with van der Waals surface area (Å²) >= 11 is 0. The van der Waals surface area contributed by atoms with Gasteiger partial charge in [0.15, 0.2) is 0 Å². The molecule has 4 atom stereocenters. The van der Waals surface area contributed by atoms with Crippen LogP contribution in [0.4, 0.5) is 4.39 Å². The van der Waals surface area contributed by atoms with E-state index in [1.165, 1.54) is 12.7 Å². The van der Waals surface area contributed by atoms with Gasteiger partial charge in [0, 0.05) is 51.3 Å². The van der Waals surface area contributed by atoms with E-state index in [-0.39, 0.29) is 56.6 Å². The number of carbonyl (C=O) groups excluding carboxylic acids is 1. The zero-order chi connectivity index (χ0) is 16.2. The maximum Gasteiger partial charge on any atom is 0.310 e. The molecule has 2 aliphatic rings. The zero-order valence-corrected chi connectivity index (χ0v) is 16.9. The number of esters is 1. The number of nitrogens with zero attached hydrogens (tertiary/aromatic N) is 1. The van der Waals surface area contributed by atoms with E-state index < -0.39 is 6.67 Å². The molecule has 2 aliphatic heterocycles. The van der Waals surface area contributed by atoms with Crippen LogP contribution in [0.1, 0.15) is 30.7 Å². The van der Waals surface area contributed by atoms with Crippen LogP contribution < -0.4 is 0 Å². The fraction of sp³-hybridized carbons (Fsp3) is 0.526. The Labute approximate surface area is 168 Å². The molecule has 127 valence electrons. The molecule has 3 nitrogen and oxygen atoms in total. The number of hydrogen-bond acceptors (Lipinski definition) is 3. The molecule has 24 heavy (non-hydrogen) atoms. The van der Waals surface area contributed by atoms with Crippen molar-refractivity contribution in [1.29, 1.82) is 0 Å². The molecule has 1 aromatic carbocycles. The summed E-state index contributed by atoms with van der Waals surface area (Å²) in [6.07, 6.45) is 6.47. The third kappa shape index (κ3) is 3.97. The molecular formula is C19H23FNO2Y-. The van der Waals surface area contributed by atoms with Gasteiger partial charge in [-0.05, 0) is 25.2 Å². The first-order valence-electron chi connectivity index (χ1n) is 8.26. The number of fused-ring (bicyclic) bond motifs is 2. The van der Waals surface area contributed by atoms with Gasteiger partial charge in [-0.15, -0.1) is 0 Å². The third-order valence-corrected chi connectivity index (χ3v) is 5.28. The number of hydrogen-bond donors (Lipinski definition) is 0. The second-order valence-corrected chi connectivity index (χ2v) is 6.35. The molecule has 0 N–H and O–H groups in total. The normalized spacial score (nSPS) is 29.4. The van der Waals surface area contributed by atoms with Crippen molar-refractivity contribution in [3.63, 3.8) is 0 Å². The van der Waals surface area contributed by atoms with Crippen molar-refractivity contribution in [2.45, 2.75) is 37.3 Å². The quantitative estimate of drug-likeness (QED) is 0.428. The summed E-state index contributed by atoms with van der Waals surface area (Å²) in [5.41, 5.74) is 1.19. The summed E-state index contributed by atoms with van der Waals surface area (Å²) in [6.45, 7) is 0.273. The maximum absolute atomic E-state index is 12.5. The SMILES string of the molecule is COC(=O)C1C(c2cc[c-]cc2)CC2CCC1N2C/C=C\CF.[Y]. The van der Waals surface area contributed by atoms with Crippen molar-refractivity contribution in [2.24, 2.45) is 5.92 Å². The summed E-state index contributed by atoms with van der Waals surface area (Å²) in [4.78, 5) is 14.8. The fourth-order valence-electron chi connectivity index (χ4n) is 4.30.